The summed E-state index contributed by atoms with van der Waals surface area (Å²) in [5, 5.41) is 0.660. The maximum atomic E-state index is 6.13. The quantitative estimate of drug-likeness (QED) is 0.665. The van der Waals surface area contributed by atoms with Gasteiger partial charge in [0.15, 0.2) is 5.76 Å². The van der Waals surface area contributed by atoms with Gasteiger partial charge in [0.2, 0.25) is 5.89 Å². The number of hydrogen-bond donors (Lipinski definition) is 0. The summed E-state index contributed by atoms with van der Waals surface area (Å²) in [5.41, 5.74) is 1.81. The highest BCUT2D eigenvalue weighted by atomic mass is 35.5. The molecule has 3 aromatic rings. The van der Waals surface area contributed by atoms with E-state index in [1.54, 1.807) is 6.20 Å². The van der Waals surface area contributed by atoms with Crippen LogP contribution >= 0.6 is 11.6 Å². The molecule has 0 fully saturated rings. The highest BCUT2D eigenvalue weighted by Gasteiger charge is 2.10. The molecular formula is C15H10ClNO. The van der Waals surface area contributed by atoms with Gasteiger partial charge in [-0.2, -0.15) is 0 Å². The summed E-state index contributed by atoms with van der Waals surface area (Å²) in [4.78, 5) is 4.28. The second-order valence-electron chi connectivity index (χ2n) is 3.88. The van der Waals surface area contributed by atoms with Crippen LogP contribution in [0.5, 0.6) is 0 Å². The van der Waals surface area contributed by atoms with Crippen molar-refractivity contribution >= 4 is 11.6 Å². The van der Waals surface area contributed by atoms with Crippen molar-refractivity contribution in [1.82, 2.24) is 4.98 Å². The Bertz CT molecular complexity index is 661. The minimum absolute atomic E-state index is 0.602. The van der Waals surface area contributed by atoms with Crippen LogP contribution < -0.4 is 0 Å². The predicted molar refractivity (Wildman–Crippen MR) is 72.4 cm³/mol. The van der Waals surface area contributed by atoms with Crippen LogP contribution in [0.4, 0.5) is 0 Å². The standard InChI is InChI=1S/C15H10ClNO/c16-13-9-5-4-8-12(13)14-10-17-15(18-14)11-6-2-1-3-7-11/h1-10H. The summed E-state index contributed by atoms with van der Waals surface area (Å²) < 4.78 is 5.74. The second kappa shape index (κ2) is 4.67. The van der Waals surface area contributed by atoms with Crippen LogP contribution in [0, 0.1) is 0 Å². The lowest BCUT2D eigenvalue weighted by molar-refractivity contribution is 0.589. The zero-order chi connectivity index (χ0) is 12.4. The zero-order valence-electron chi connectivity index (χ0n) is 9.51. The average molecular weight is 256 g/mol. The molecule has 0 radical (unpaired) electrons. The molecule has 18 heavy (non-hydrogen) atoms. The first-order valence-electron chi connectivity index (χ1n) is 5.61. The van der Waals surface area contributed by atoms with E-state index in [1.807, 2.05) is 54.6 Å². The van der Waals surface area contributed by atoms with Crippen molar-refractivity contribution < 1.29 is 4.42 Å². The monoisotopic (exact) mass is 255 g/mol. The lowest BCUT2D eigenvalue weighted by Crippen LogP contribution is -1.75. The molecule has 0 bridgehead atoms. The Morgan fingerprint density at radius 2 is 1.61 bits per heavy atom. The molecule has 0 aliphatic carbocycles. The Hall–Kier alpha value is -2.06. The van der Waals surface area contributed by atoms with Gasteiger partial charge in [-0.05, 0) is 24.3 Å². The first-order valence-corrected chi connectivity index (χ1v) is 5.98. The molecule has 0 saturated carbocycles. The normalized spacial score (nSPS) is 10.5. The summed E-state index contributed by atoms with van der Waals surface area (Å²) in [6.45, 7) is 0. The molecule has 2 aromatic carbocycles. The van der Waals surface area contributed by atoms with Crippen LogP contribution in [0.25, 0.3) is 22.8 Å². The summed E-state index contributed by atoms with van der Waals surface area (Å²) in [6, 6.07) is 17.3. The molecule has 1 heterocycles. The van der Waals surface area contributed by atoms with E-state index in [4.69, 9.17) is 16.0 Å². The minimum atomic E-state index is 0.602. The third kappa shape index (κ3) is 2.03. The maximum Gasteiger partial charge on any atom is 0.226 e. The average Bonchev–Trinajstić information content (AvgIpc) is 2.90. The molecule has 0 aliphatic rings. The van der Waals surface area contributed by atoms with E-state index in [9.17, 15) is 0 Å². The number of hydrogen-bond acceptors (Lipinski definition) is 2. The van der Waals surface area contributed by atoms with E-state index in [-0.39, 0.29) is 0 Å². The van der Waals surface area contributed by atoms with Gasteiger partial charge in [-0.25, -0.2) is 4.98 Å². The molecule has 3 rings (SSSR count). The minimum Gasteiger partial charge on any atom is -0.436 e. The van der Waals surface area contributed by atoms with Gasteiger partial charge in [0, 0.05) is 11.1 Å². The molecule has 0 aliphatic heterocycles. The van der Waals surface area contributed by atoms with Gasteiger partial charge in [-0.1, -0.05) is 41.9 Å². The van der Waals surface area contributed by atoms with E-state index in [0.717, 1.165) is 11.1 Å². The van der Waals surface area contributed by atoms with E-state index in [1.165, 1.54) is 0 Å². The fourth-order valence-corrected chi connectivity index (χ4v) is 2.00. The highest BCUT2D eigenvalue weighted by Crippen LogP contribution is 2.30. The molecule has 0 atom stereocenters. The van der Waals surface area contributed by atoms with Gasteiger partial charge in [0.1, 0.15) is 0 Å². The Balaban J connectivity index is 2.03. The van der Waals surface area contributed by atoms with Gasteiger partial charge in [0.05, 0.1) is 11.2 Å². The summed E-state index contributed by atoms with van der Waals surface area (Å²) in [5.74, 6) is 1.28. The van der Waals surface area contributed by atoms with Crippen LogP contribution in [0.15, 0.2) is 65.2 Å². The first kappa shape index (κ1) is 11.1. The Morgan fingerprint density at radius 1 is 0.889 bits per heavy atom. The van der Waals surface area contributed by atoms with Crippen molar-refractivity contribution in [1.29, 1.82) is 0 Å². The molecule has 0 unspecified atom stereocenters. The number of nitrogens with zero attached hydrogens (tertiary/aromatic N) is 1. The molecule has 0 N–H and O–H groups in total. The van der Waals surface area contributed by atoms with Gasteiger partial charge < -0.3 is 4.42 Å². The van der Waals surface area contributed by atoms with Crippen LogP contribution in [0.3, 0.4) is 0 Å². The van der Waals surface area contributed by atoms with Crippen molar-refractivity contribution in [2.75, 3.05) is 0 Å². The molecule has 0 saturated heterocycles. The van der Waals surface area contributed by atoms with E-state index < -0.39 is 0 Å². The number of aromatic nitrogens is 1. The number of halogens is 1. The Labute approximate surface area is 110 Å². The largest absolute Gasteiger partial charge is 0.436 e. The number of oxazole rings is 1. The third-order valence-electron chi connectivity index (χ3n) is 2.67. The van der Waals surface area contributed by atoms with Crippen molar-refractivity contribution in [3.8, 4) is 22.8 Å². The molecule has 88 valence electrons. The molecule has 1 aromatic heterocycles. The lowest BCUT2D eigenvalue weighted by Gasteiger charge is -1.98. The fourth-order valence-electron chi connectivity index (χ4n) is 1.77. The number of benzene rings is 2. The smallest absolute Gasteiger partial charge is 0.226 e. The van der Waals surface area contributed by atoms with Crippen LogP contribution in [-0.2, 0) is 0 Å². The number of rotatable bonds is 2. The van der Waals surface area contributed by atoms with Gasteiger partial charge in [-0.15, -0.1) is 0 Å². The SMILES string of the molecule is Clc1ccccc1-c1cnc(-c2ccccc2)o1. The summed E-state index contributed by atoms with van der Waals surface area (Å²) in [7, 11) is 0. The van der Waals surface area contributed by atoms with Crippen molar-refractivity contribution in [3.05, 3.63) is 65.8 Å². The van der Waals surface area contributed by atoms with Crippen LogP contribution in [0.2, 0.25) is 5.02 Å². The topological polar surface area (TPSA) is 26.0 Å². The van der Waals surface area contributed by atoms with Crippen molar-refractivity contribution in [2.45, 2.75) is 0 Å². The van der Waals surface area contributed by atoms with Gasteiger partial charge in [0.25, 0.3) is 0 Å². The van der Waals surface area contributed by atoms with Crippen molar-refractivity contribution in [3.63, 3.8) is 0 Å². The summed E-state index contributed by atoms with van der Waals surface area (Å²) in [6.07, 6.45) is 1.70. The Kier molecular flexibility index (Phi) is 2.87. The van der Waals surface area contributed by atoms with E-state index in [2.05, 4.69) is 4.98 Å². The van der Waals surface area contributed by atoms with Gasteiger partial charge >= 0.3 is 0 Å². The third-order valence-corrected chi connectivity index (χ3v) is 3.00. The highest BCUT2D eigenvalue weighted by molar-refractivity contribution is 6.33. The fraction of sp³-hybridized carbons (Fsp3) is 0. The van der Waals surface area contributed by atoms with E-state index in [0.29, 0.717) is 16.7 Å². The van der Waals surface area contributed by atoms with E-state index >= 15 is 0 Å². The maximum absolute atomic E-state index is 6.13. The van der Waals surface area contributed by atoms with Gasteiger partial charge in [-0.3, -0.25) is 0 Å². The molecular weight excluding hydrogens is 246 g/mol. The van der Waals surface area contributed by atoms with Crippen LogP contribution in [0.1, 0.15) is 0 Å². The van der Waals surface area contributed by atoms with Crippen molar-refractivity contribution in [2.24, 2.45) is 0 Å². The molecule has 0 spiro atoms. The zero-order valence-corrected chi connectivity index (χ0v) is 10.3. The molecule has 0 amide bonds. The lowest BCUT2D eigenvalue weighted by atomic mass is 10.2. The second-order valence-corrected chi connectivity index (χ2v) is 4.28. The first-order chi connectivity index (χ1) is 8.84. The predicted octanol–water partition coefficient (Wildman–Crippen LogP) is 4.66. The van der Waals surface area contributed by atoms with Crippen LogP contribution in [-0.4, -0.2) is 4.98 Å². The molecule has 3 heteroatoms. The summed E-state index contributed by atoms with van der Waals surface area (Å²) >= 11 is 6.13. The molecule has 2 nitrogen and oxygen atoms in total. The Morgan fingerprint density at radius 3 is 2.39 bits per heavy atom.